The van der Waals surface area contributed by atoms with Crippen molar-refractivity contribution in [3.05, 3.63) is 66.1 Å². The Labute approximate surface area is 197 Å². The predicted molar refractivity (Wildman–Crippen MR) is 128 cm³/mol. The summed E-state index contributed by atoms with van der Waals surface area (Å²) in [5, 5.41) is 31.4. The van der Waals surface area contributed by atoms with Gasteiger partial charge in [-0.05, 0) is 60.7 Å². The van der Waals surface area contributed by atoms with Gasteiger partial charge in [0.25, 0.3) is 0 Å². The molecule has 1 saturated carbocycles. The molecule has 0 amide bonds. The number of aromatic nitrogens is 4. The molecule has 0 aliphatic heterocycles. The van der Waals surface area contributed by atoms with Crippen LogP contribution in [0.1, 0.15) is 35.9 Å². The number of fused-ring (bicyclic) bond motifs is 1. The van der Waals surface area contributed by atoms with Gasteiger partial charge in [0.1, 0.15) is 11.6 Å². The molecule has 0 spiro atoms. The van der Waals surface area contributed by atoms with Crippen LogP contribution in [-0.2, 0) is 0 Å². The third-order valence-corrected chi connectivity index (χ3v) is 5.73. The normalized spacial score (nSPS) is 13.0. The van der Waals surface area contributed by atoms with E-state index in [0.717, 1.165) is 35.1 Å². The molecule has 4 aromatic rings. The van der Waals surface area contributed by atoms with E-state index >= 15 is 0 Å². The zero-order chi connectivity index (χ0) is 22.1. The van der Waals surface area contributed by atoms with E-state index in [4.69, 9.17) is 10.2 Å². The van der Waals surface area contributed by atoms with Crippen LogP contribution in [-0.4, -0.2) is 42.9 Å². The second-order valence-electron chi connectivity index (χ2n) is 7.99. The van der Waals surface area contributed by atoms with Gasteiger partial charge in [-0.3, -0.25) is 0 Å². The molecule has 5 rings (SSSR count). The van der Waals surface area contributed by atoms with Crippen molar-refractivity contribution >= 4 is 35.1 Å². The van der Waals surface area contributed by atoms with Crippen LogP contribution in [0.25, 0.3) is 22.3 Å². The molecule has 3 aromatic heterocycles. The minimum atomic E-state index is -0.422. The topological polar surface area (TPSA) is 120 Å². The van der Waals surface area contributed by atoms with E-state index in [9.17, 15) is 10.2 Å². The first-order valence-electron chi connectivity index (χ1n) is 10.5. The SMILES string of the molecule is Cl.N#Cc1ccnc(Nc2cc(C3CC3)cc(-c3ccc4c(c3)ncn4C(CO)CO)n2)c1. The highest BCUT2D eigenvalue weighted by atomic mass is 35.5. The first kappa shape index (κ1) is 22.7. The van der Waals surface area contributed by atoms with Crippen LogP contribution in [0, 0.1) is 11.3 Å². The molecular weight excluding hydrogens is 440 g/mol. The van der Waals surface area contributed by atoms with E-state index in [1.165, 1.54) is 5.56 Å². The summed E-state index contributed by atoms with van der Waals surface area (Å²) in [7, 11) is 0. The first-order valence-corrected chi connectivity index (χ1v) is 10.5. The van der Waals surface area contributed by atoms with Crippen molar-refractivity contribution in [3.8, 4) is 17.3 Å². The van der Waals surface area contributed by atoms with Crippen LogP contribution in [0.2, 0.25) is 0 Å². The molecule has 1 fully saturated rings. The minimum absolute atomic E-state index is 0. The molecule has 0 saturated heterocycles. The monoisotopic (exact) mass is 462 g/mol. The Morgan fingerprint density at radius 1 is 1.06 bits per heavy atom. The third-order valence-electron chi connectivity index (χ3n) is 5.73. The van der Waals surface area contributed by atoms with E-state index in [2.05, 4.69) is 27.4 Å². The third kappa shape index (κ3) is 4.66. The Kier molecular flexibility index (Phi) is 6.56. The lowest BCUT2D eigenvalue weighted by molar-refractivity contribution is 0.157. The predicted octanol–water partition coefficient (Wildman–Crippen LogP) is 3.93. The van der Waals surface area contributed by atoms with Crippen LogP contribution >= 0.6 is 12.4 Å². The molecule has 3 heterocycles. The maximum Gasteiger partial charge on any atom is 0.132 e. The van der Waals surface area contributed by atoms with Crippen LogP contribution in [0.15, 0.2) is 55.0 Å². The van der Waals surface area contributed by atoms with Crippen molar-refractivity contribution < 1.29 is 10.2 Å². The van der Waals surface area contributed by atoms with E-state index in [1.54, 1.807) is 29.2 Å². The largest absolute Gasteiger partial charge is 0.394 e. The number of aliphatic hydroxyl groups is 2. The average Bonchev–Trinajstić information content (AvgIpc) is 3.60. The minimum Gasteiger partial charge on any atom is -0.394 e. The van der Waals surface area contributed by atoms with Crippen molar-refractivity contribution in [2.45, 2.75) is 24.8 Å². The highest BCUT2D eigenvalue weighted by Gasteiger charge is 2.25. The zero-order valence-corrected chi connectivity index (χ0v) is 18.5. The fourth-order valence-corrected chi connectivity index (χ4v) is 3.83. The summed E-state index contributed by atoms with van der Waals surface area (Å²) in [6.45, 7) is -0.324. The summed E-state index contributed by atoms with van der Waals surface area (Å²) in [6, 6.07) is 15.1. The maximum absolute atomic E-state index is 9.51. The van der Waals surface area contributed by atoms with Crippen LogP contribution < -0.4 is 5.32 Å². The Hall–Kier alpha value is -3.51. The summed E-state index contributed by atoms with van der Waals surface area (Å²) >= 11 is 0. The number of halogens is 1. The molecular formula is C24H23ClN6O2. The summed E-state index contributed by atoms with van der Waals surface area (Å²) in [4.78, 5) is 13.6. The number of aliphatic hydroxyl groups excluding tert-OH is 2. The summed E-state index contributed by atoms with van der Waals surface area (Å²) in [5.74, 6) is 1.79. The van der Waals surface area contributed by atoms with Gasteiger partial charge in [0, 0.05) is 11.8 Å². The lowest BCUT2D eigenvalue weighted by Gasteiger charge is -2.14. The number of imidazole rings is 1. The van der Waals surface area contributed by atoms with Gasteiger partial charge >= 0.3 is 0 Å². The van der Waals surface area contributed by atoms with Crippen molar-refractivity contribution in [1.82, 2.24) is 19.5 Å². The number of nitrogens with one attached hydrogen (secondary N) is 1. The van der Waals surface area contributed by atoms with Gasteiger partial charge in [-0.15, -0.1) is 12.4 Å². The number of hydrogen-bond donors (Lipinski definition) is 3. The Morgan fingerprint density at radius 2 is 1.88 bits per heavy atom. The standard InChI is InChI=1S/C24H22N6O2.ClH/c25-11-15-5-6-26-23(7-15)29-24-10-18(16-1-2-16)9-20(28-24)17-3-4-22-21(8-17)27-14-30(22)19(12-31)13-32;/h3-10,14,16,19,31-32H,1-2,12-13H2,(H,26,28,29);1H. The van der Waals surface area contributed by atoms with Gasteiger partial charge in [0.05, 0.1) is 53.9 Å². The molecule has 3 N–H and O–H groups in total. The van der Waals surface area contributed by atoms with Gasteiger partial charge in [-0.2, -0.15) is 5.26 Å². The van der Waals surface area contributed by atoms with Gasteiger partial charge < -0.3 is 20.1 Å². The lowest BCUT2D eigenvalue weighted by Crippen LogP contribution is -2.16. The highest BCUT2D eigenvalue weighted by Crippen LogP contribution is 2.42. The summed E-state index contributed by atoms with van der Waals surface area (Å²) in [5.41, 5.74) is 5.12. The van der Waals surface area contributed by atoms with Gasteiger partial charge in [0.2, 0.25) is 0 Å². The van der Waals surface area contributed by atoms with Crippen molar-refractivity contribution in [1.29, 1.82) is 5.26 Å². The number of rotatable bonds is 7. The van der Waals surface area contributed by atoms with Gasteiger partial charge in [0.15, 0.2) is 0 Å². The lowest BCUT2D eigenvalue weighted by atomic mass is 10.1. The number of benzene rings is 1. The fraction of sp³-hybridized carbons (Fsp3) is 0.250. The first-order chi connectivity index (χ1) is 15.7. The van der Waals surface area contributed by atoms with Crippen molar-refractivity contribution in [3.63, 3.8) is 0 Å². The summed E-state index contributed by atoms with van der Waals surface area (Å²) < 4.78 is 1.79. The Morgan fingerprint density at radius 3 is 2.61 bits per heavy atom. The molecule has 0 unspecified atom stereocenters. The number of nitriles is 1. The fourth-order valence-electron chi connectivity index (χ4n) is 3.83. The van der Waals surface area contributed by atoms with Crippen LogP contribution in [0.4, 0.5) is 11.6 Å². The molecule has 1 aliphatic carbocycles. The molecule has 8 nitrogen and oxygen atoms in total. The molecule has 33 heavy (non-hydrogen) atoms. The van der Waals surface area contributed by atoms with E-state index in [1.807, 2.05) is 24.3 Å². The number of hydrogen-bond acceptors (Lipinski definition) is 7. The Bertz CT molecular complexity index is 1320. The molecule has 0 radical (unpaired) electrons. The quantitative estimate of drug-likeness (QED) is 0.380. The van der Waals surface area contributed by atoms with Gasteiger partial charge in [-0.1, -0.05) is 6.07 Å². The second kappa shape index (κ2) is 9.55. The van der Waals surface area contributed by atoms with E-state index in [0.29, 0.717) is 23.1 Å². The van der Waals surface area contributed by atoms with E-state index < -0.39 is 6.04 Å². The molecule has 0 bridgehead atoms. The van der Waals surface area contributed by atoms with Crippen LogP contribution in [0.5, 0.6) is 0 Å². The number of pyridine rings is 2. The van der Waals surface area contributed by atoms with E-state index in [-0.39, 0.29) is 25.6 Å². The van der Waals surface area contributed by atoms with Crippen molar-refractivity contribution in [2.24, 2.45) is 0 Å². The molecule has 9 heteroatoms. The Balaban J connectivity index is 0.00000259. The van der Waals surface area contributed by atoms with Gasteiger partial charge in [-0.25, -0.2) is 15.0 Å². The average molecular weight is 463 g/mol. The molecule has 1 aliphatic rings. The number of anilines is 2. The molecule has 1 aromatic carbocycles. The molecule has 168 valence electrons. The number of nitrogens with zero attached hydrogens (tertiary/aromatic N) is 5. The summed E-state index contributed by atoms with van der Waals surface area (Å²) in [6.07, 6.45) is 5.57. The van der Waals surface area contributed by atoms with Crippen molar-refractivity contribution in [2.75, 3.05) is 18.5 Å². The molecule has 0 atom stereocenters. The zero-order valence-electron chi connectivity index (χ0n) is 17.7. The second-order valence-corrected chi connectivity index (χ2v) is 7.99. The smallest absolute Gasteiger partial charge is 0.132 e. The van der Waals surface area contributed by atoms with Crippen LogP contribution in [0.3, 0.4) is 0 Å². The highest BCUT2D eigenvalue weighted by molar-refractivity contribution is 5.85. The maximum atomic E-state index is 9.51.